The molecule has 0 saturated heterocycles. The third kappa shape index (κ3) is 2.29. The largest absolute Gasteiger partial charge is 0.508 e. The zero-order chi connectivity index (χ0) is 9.84. The van der Waals surface area contributed by atoms with Crippen molar-refractivity contribution in [2.24, 2.45) is 5.73 Å². The Labute approximate surface area is 77.2 Å². The van der Waals surface area contributed by atoms with Crippen molar-refractivity contribution in [2.75, 3.05) is 0 Å². The van der Waals surface area contributed by atoms with E-state index in [1.807, 2.05) is 6.92 Å². The molecule has 1 aromatic rings. The van der Waals surface area contributed by atoms with E-state index in [2.05, 4.69) is 0 Å². The Hall–Kier alpha value is -1.35. The van der Waals surface area contributed by atoms with E-state index in [1.54, 1.807) is 12.1 Å². The number of ketones is 1. The van der Waals surface area contributed by atoms with E-state index in [-0.39, 0.29) is 11.5 Å². The predicted octanol–water partition coefficient (Wildman–Crippen LogP) is 1.31. The second-order valence-corrected chi connectivity index (χ2v) is 2.93. The van der Waals surface area contributed by atoms with Crippen LogP contribution < -0.4 is 5.73 Å². The molecule has 0 aliphatic carbocycles. The van der Waals surface area contributed by atoms with Gasteiger partial charge in [-0.05, 0) is 30.7 Å². The maximum absolute atomic E-state index is 11.5. The van der Waals surface area contributed by atoms with Gasteiger partial charge >= 0.3 is 0 Å². The van der Waals surface area contributed by atoms with Crippen LogP contribution in [0.2, 0.25) is 0 Å². The summed E-state index contributed by atoms with van der Waals surface area (Å²) in [5.41, 5.74) is 6.12. The Balaban J connectivity index is 2.83. The number of carbonyl (C=O) groups is 1. The zero-order valence-corrected chi connectivity index (χ0v) is 7.53. The lowest BCUT2D eigenvalue weighted by Crippen LogP contribution is -2.29. The number of benzene rings is 1. The number of carbonyl (C=O) groups excluding carboxylic acids is 1. The van der Waals surface area contributed by atoms with Crippen LogP contribution in [-0.4, -0.2) is 16.9 Å². The first-order chi connectivity index (χ1) is 6.15. The Morgan fingerprint density at radius 1 is 1.46 bits per heavy atom. The summed E-state index contributed by atoms with van der Waals surface area (Å²) in [5.74, 6) is 0.0733. The molecule has 0 spiro atoms. The van der Waals surface area contributed by atoms with E-state index >= 15 is 0 Å². The highest BCUT2D eigenvalue weighted by molar-refractivity contribution is 5.99. The molecule has 0 saturated carbocycles. The van der Waals surface area contributed by atoms with Gasteiger partial charge in [-0.1, -0.05) is 6.92 Å². The summed E-state index contributed by atoms with van der Waals surface area (Å²) in [6.07, 6.45) is 0.625. The van der Waals surface area contributed by atoms with Crippen LogP contribution in [0.15, 0.2) is 24.3 Å². The minimum atomic E-state index is -0.440. The van der Waals surface area contributed by atoms with Crippen LogP contribution in [0.1, 0.15) is 23.7 Å². The molecular weight excluding hydrogens is 166 g/mol. The fraction of sp³-hybridized carbons (Fsp3) is 0.300. The highest BCUT2D eigenvalue weighted by Crippen LogP contribution is 2.11. The quantitative estimate of drug-likeness (QED) is 0.688. The normalized spacial score (nSPS) is 12.5. The van der Waals surface area contributed by atoms with Crippen LogP contribution >= 0.6 is 0 Å². The Morgan fingerprint density at radius 2 is 2.00 bits per heavy atom. The van der Waals surface area contributed by atoms with Gasteiger partial charge in [0.2, 0.25) is 0 Å². The number of phenols is 1. The molecule has 0 amide bonds. The summed E-state index contributed by atoms with van der Waals surface area (Å²) in [7, 11) is 0. The van der Waals surface area contributed by atoms with E-state index in [4.69, 9.17) is 10.8 Å². The van der Waals surface area contributed by atoms with Crippen molar-refractivity contribution >= 4 is 5.78 Å². The number of phenolic OH excluding ortho intramolecular Hbond substituents is 1. The SMILES string of the molecule is CCC(N)C(=O)c1ccc(O)cc1. The first-order valence-corrected chi connectivity index (χ1v) is 4.24. The van der Waals surface area contributed by atoms with Crippen LogP contribution in [0.5, 0.6) is 5.75 Å². The number of nitrogens with two attached hydrogens (primary N) is 1. The molecule has 3 heteroatoms. The average Bonchev–Trinajstić information content (AvgIpc) is 2.17. The molecule has 13 heavy (non-hydrogen) atoms. The molecule has 0 aromatic heterocycles. The molecule has 1 unspecified atom stereocenters. The number of hydrogen-bond acceptors (Lipinski definition) is 3. The first kappa shape index (κ1) is 9.74. The van der Waals surface area contributed by atoms with Crippen LogP contribution in [-0.2, 0) is 0 Å². The van der Waals surface area contributed by atoms with Gasteiger partial charge < -0.3 is 10.8 Å². The molecule has 0 aliphatic rings. The maximum atomic E-state index is 11.5. The molecule has 0 fully saturated rings. The van der Waals surface area contributed by atoms with Crippen molar-refractivity contribution in [3.05, 3.63) is 29.8 Å². The van der Waals surface area contributed by atoms with Crippen LogP contribution in [0.25, 0.3) is 0 Å². The fourth-order valence-corrected chi connectivity index (χ4v) is 1.03. The van der Waals surface area contributed by atoms with Gasteiger partial charge in [-0.25, -0.2) is 0 Å². The lowest BCUT2D eigenvalue weighted by atomic mass is 10.0. The average molecular weight is 179 g/mol. The minimum absolute atomic E-state index is 0.0810. The first-order valence-electron chi connectivity index (χ1n) is 4.24. The number of aromatic hydroxyl groups is 1. The zero-order valence-electron chi connectivity index (χ0n) is 7.53. The molecule has 1 rings (SSSR count). The van der Waals surface area contributed by atoms with Gasteiger partial charge in [0.05, 0.1) is 6.04 Å². The molecule has 3 nitrogen and oxygen atoms in total. The second-order valence-electron chi connectivity index (χ2n) is 2.93. The van der Waals surface area contributed by atoms with Gasteiger partial charge in [-0.3, -0.25) is 4.79 Å². The lowest BCUT2D eigenvalue weighted by molar-refractivity contribution is 0.0959. The van der Waals surface area contributed by atoms with Gasteiger partial charge in [0, 0.05) is 5.56 Å². The molecule has 1 aromatic carbocycles. The molecule has 0 bridgehead atoms. The lowest BCUT2D eigenvalue weighted by Gasteiger charge is -2.06. The van der Waals surface area contributed by atoms with Gasteiger partial charge in [-0.2, -0.15) is 0 Å². The third-order valence-electron chi connectivity index (χ3n) is 1.93. The van der Waals surface area contributed by atoms with Crippen molar-refractivity contribution in [2.45, 2.75) is 19.4 Å². The Kier molecular flexibility index (Phi) is 3.03. The summed E-state index contributed by atoms with van der Waals surface area (Å²) < 4.78 is 0. The molecule has 3 N–H and O–H groups in total. The van der Waals surface area contributed by atoms with Gasteiger partial charge in [-0.15, -0.1) is 0 Å². The molecule has 0 heterocycles. The molecule has 0 aliphatic heterocycles. The van der Waals surface area contributed by atoms with Crippen molar-refractivity contribution in [1.29, 1.82) is 0 Å². The van der Waals surface area contributed by atoms with Gasteiger partial charge in [0.1, 0.15) is 5.75 Å². The van der Waals surface area contributed by atoms with Crippen LogP contribution in [0.4, 0.5) is 0 Å². The Morgan fingerprint density at radius 3 is 2.46 bits per heavy atom. The van der Waals surface area contributed by atoms with Gasteiger partial charge in [0.15, 0.2) is 5.78 Å². The van der Waals surface area contributed by atoms with E-state index in [1.165, 1.54) is 12.1 Å². The summed E-state index contributed by atoms with van der Waals surface area (Å²) in [6.45, 7) is 1.86. The number of rotatable bonds is 3. The number of Topliss-reactive ketones (excluding diaryl/α,β-unsaturated/α-hetero) is 1. The smallest absolute Gasteiger partial charge is 0.179 e. The fourth-order valence-electron chi connectivity index (χ4n) is 1.03. The highest BCUT2D eigenvalue weighted by atomic mass is 16.3. The summed E-state index contributed by atoms with van der Waals surface area (Å²) >= 11 is 0. The van der Waals surface area contributed by atoms with E-state index in [0.29, 0.717) is 12.0 Å². The Bertz CT molecular complexity index is 292. The van der Waals surface area contributed by atoms with Gasteiger partial charge in [0.25, 0.3) is 0 Å². The molecular formula is C10H13NO2. The monoisotopic (exact) mass is 179 g/mol. The minimum Gasteiger partial charge on any atom is -0.508 e. The molecule has 0 radical (unpaired) electrons. The molecule has 70 valence electrons. The van der Waals surface area contributed by atoms with Crippen molar-refractivity contribution in [3.8, 4) is 5.75 Å². The topological polar surface area (TPSA) is 63.3 Å². The highest BCUT2D eigenvalue weighted by Gasteiger charge is 2.12. The van der Waals surface area contributed by atoms with E-state index < -0.39 is 6.04 Å². The van der Waals surface area contributed by atoms with Crippen molar-refractivity contribution in [3.63, 3.8) is 0 Å². The summed E-state index contributed by atoms with van der Waals surface area (Å²) in [4.78, 5) is 11.5. The summed E-state index contributed by atoms with van der Waals surface area (Å²) in [5, 5.41) is 8.99. The predicted molar refractivity (Wildman–Crippen MR) is 50.7 cm³/mol. The van der Waals surface area contributed by atoms with E-state index in [0.717, 1.165) is 0 Å². The number of hydrogen-bond donors (Lipinski definition) is 2. The van der Waals surface area contributed by atoms with Crippen LogP contribution in [0.3, 0.4) is 0 Å². The maximum Gasteiger partial charge on any atom is 0.179 e. The van der Waals surface area contributed by atoms with Crippen LogP contribution in [0, 0.1) is 0 Å². The van der Waals surface area contributed by atoms with Crippen molar-refractivity contribution < 1.29 is 9.90 Å². The van der Waals surface area contributed by atoms with Crippen molar-refractivity contribution in [1.82, 2.24) is 0 Å². The molecule has 1 atom stereocenters. The standard InChI is InChI=1S/C10H13NO2/c1-2-9(11)10(13)7-3-5-8(12)6-4-7/h3-6,9,12H,2,11H2,1H3. The van der Waals surface area contributed by atoms with E-state index in [9.17, 15) is 4.79 Å². The third-order valence-corrected chi connectivity index (χ3v) is 1.93. The second kappa shape index (κ2) is 4.05. The summed E-state index contributed by atoms with van der Waals surface area (Å²) in [6, 6.07) is 5.68.